The van der Waals surface area contributed by atoms with Gasteiger partial charge in [0.2, 0.25) is 0 Å². The third-order valence-corrected chi connectivity index (χ3v) is 2.62. The van der Waals surface area contributed by atoms with Crippen molar-refractivity contribution in [1.82, 2.24) is 0 Å². The van der Waals surface area contributed by atoms with E-state index in [1.807, 2.05) is 13.8 Å². The quantitative estimate of drug-likeness (QED) is 0.612. The molecule has 0 amide bonds. The summed E-state index contributed by atoms with van der Waals surface area (Å²) in [7, 11) is 0. The molecular weight excluding hydrogens is 224 g/mol. The smallest absolute Gasteiger partial charge is 0.115 e. The van der Waals surface area contributed by atoms with Crippen LogP contribution in [-0.2, 0) is 9.47 Å². The van der Waals surface area contributed by atoms with Crippen molar-refractivity contribution in [2.45, 2.75) is 66.6 Å². The lowest BCUT2D eigenvalue weighted by Gasteiger charge is -2.10. The standard InChI is InChI=1S/C16H30O2/c1-13(2)9-11-17-15(5)7-8-16(6)18-12-10-14(3)4/h13-16H,9-12H2,1-6H3. The van der Waals surface area contributed by atoms with Crippen LogP contribution in [0, 0.1) is 23.7 Å². The second kappa shape index (κ2) is 10.4. The predicted molar refractivity (Wildman–Crippen MR) is 77.5 cm³/mol. The minimum absolute atomic E-state index is 0.0000937. The van der Waals surface area contributed by atoms with Gasteiger partial charge in [-0.25, -0.2) is 0 Å². The van der Waals surface area contributed by atoms with Crippen molar-refractivity contribution in [2.75, 3.05) is 13.2 Å². The molecule has 0 radical (unpaired) electrons. The molecule has 0 aromatic rings. The zero-order valence-corrected chi connectivity index (χ0v) is 13.0. The van der Waals surface area contributed by atoms with Crippen LogP contribution >= 0.6 is 0 Å². The predicted octanol–water partition coefficient (Wildman–Crippen LogP) is 3.89. The van der Waals surface area contributed by atoms with Gasteiger partial charge in [0.25, 0.3) is 0 Å². The fourth-order valence-corrected chi connectivity index (χ4v) is 1.28. The Balaban J connectivity index is 3.71. The molecule has 2 unspecified atom stereocenters. The zero-order chi connectivity index (χ0) is 14.0. The van der Waals surface area contributed by atoms with Gasteiger partial charge in [0, 0.05) is 13.2 Å². The topological polar surface area (TPSA) is 18.5 Å². The molecule has 0 aromatic carbocycles. The highest BCUT2D eigenvalue weighted by Gasteiger charge is 2.01. The molecular formula is C16H30O2. The van der Waals surface area contributed by atoms with Crippen LogP contribution in [0.3, 0.4) is 0 Å². The van der Waals surface area contributed by atoms with Crippen molar-refractivity contribution in [3.05, 3.63) is 0 Å². The second-order valence-electron chi connectivity index (χ2n) is 5.68. The van der Waals surface area contributed by atoms with Crippen LogP contribution in [0.4, 0.5) is 0 Å². The molecule has 0 aliphatic carbocycles. The van der Waals surface area contributed by atoms with Crippen molar-refractivity contribution in [3.8, 4) is 11.8 Å². The Kier molecular flexibility index (Phi) is 10.1. The highest BCUT2D eigenvalue weighted by molar-refractivity contribution is 5.07. The van der Waals surface area contributed by atoms with E-state index >= 15 is 0 Å². The first-order chi connectivity index (χ1) is 8.41. The number of hydrogen-bond donors (Lipinski definition) is 0. The second-order valence-corrected chi connectivity index (χ2v) is 5.68. The molecule has 0 aliphatic heterocycles. The summed E-state index contributed by atoms with van der Waals surface area (Å²) in [6.45, 7) is 14.4. The molecule has 0 rings (SSSR count). The summed E-state index contributed by atoms with van der Waals surface area (Å²) >= 11 is 0. The Morgan fingerprint density at radius 3 is 1.28 bits per heavy atom. The van der Waals surface area contributed by atoms with E-state index < -0.39 is 0 Å². The van der Waals surface area contributed by atoms with E-state index in [1.54, 1.807) is 0 Å². The minimum Gasteiger partial charge on any atom is -0.366 e. The lowest BCUT2D eigenvalue weighted by atomic mass is 10.1. The summed E-state index contributed by atoms with van der Waals surface area (Å²) in [5, 5.41) is 0. The van der Waals surface area contributed by atoms with Gasteiger partial charge in [-0.15, -0.1) is 0 Å². The first-order valence-electron chi connectivity index (χ1n) is 7.16. The van der Waals surface area contributed by atoms with Crippen LogP contribution in [0.25, 0.3) is 0 Å². The van der Waals surface area contributed by atoms with Crippen LogP contribution in [-0.4, -0.2) is 25.4 Å². The van der Waals surface area contributed by atoms with Crippen molar-refractivity contribution in [3.63, 3.8) is 0 Å². The molecule has 0 N–H and O–H groups in total. The number of hydrogen-bond acceptors (Lipinski definition) is 2. The van der Waals surface area contributed by atoms with Gasteiger partial charge < -0.3 is 9.47 Å². The number of ether oxygens (including phenoxy) is 2. The Morgan fingerprint density at radius 1 is 0.667 bits per heavy atom. The highest BCUT2D eigenvalue weighted by atomic mass is 16.5. The van der Waals surface area contributed by atoms with E-state index in [1.165, 1.54) is 0 Å². The molecule has 18 heavy (non-hydrogen) atoms. The lowest BCUT2D eigenvalue weighted by Crippen LogP contribution is -2.11. The van der Waals surface area contributed by atoms with Gasteiger partial charge >= 0.3 is 0 Å². The van der Waals surface area contributed by atoms with Gasteiger partial charge in [-0.1, -0.05) is 39.5 Å². The fraction of sp³-hybridized carbons (Fsp3) is 0.875. The summed E-state index contributed by atoms with van der Waals surface area (Å²) in [4.78, 5) is 0. The third-order valence-electron chi connectivity index (χ3n) is 2.62. The van der Waals surface area contributed by atoms with Gasteiger partial charge in [-0.3, -0.25) is 0 Å². The van der Waals surface area contributed by atoms with Crippen LogP contribution in [0.1, 0.15) is 54.4 Å². The summed E-state index contributed by atoms with van der Waals surface area (Å²) in [5.41, 5.74) is 0. The van der Waals surface area contributed by atoms with Crippen LogP contribution < -0.4 is 0 Å². The molecule has 0 aliphatic rings. The van der Waals surface area contributed by atoms with Crippen LogP contribution in [0.5, 0.6) is 0 Å². The van der Waals surface area contributed by atoms with Gasteiger partial charge in [0.1, 0.15) is 12.2 Å². The molecule has 0 aromatic heterocycles. The molecule has 0 heterocycles. The average Bonchev–Trinajstić information content (AvgIpc) is 2.25. The molecule has 0 saturated heterocycles. The molecule has 2 atom stereocenters. The van der Waals surface area contributed by atoms with Crippen molar-refractivity contribution < 1.29 is 9.47 Å². The Morgan fingerprint density at radius 2 is 1.00 bits per heavy atom. The van der Waals surface area contributed by atoms with Crippen LogP contribution in [0.2, 0.25) is 0 Å². The normalized spacial score (nSPS) is 14.4. The maximum atomic E-state index is 5.62. The highest BCUT2D eigenvalue weighted by Crippen LogP contribution is 2.02. The van der Waals surface area contributed by atoms with Crippen molar-refractivity contribution in [2.24, 2.45) is 11.8 Å². The maximum Gasteiger partial charge on any atom is 0.115 e. The summed E-state index contributed by atoms with van der Waals surface area (Å²) in [6.07, 6.45) is 2.18. The Labute approximate surface area is 113 Å². The van der Waals surface area contributed by atoms with Crippen molar-refractivity contribution >= 4 is 0 Å². The summed E-state index contributed by atoms with van der Waals surface area (Å²) in [6, 6.07) is 0. The molecule has 0 spiro atoms. The summed E-state index contributed by atoms with van der Waals surface area (Å²) in [5.74, 6) is 7.56. The van der Waals surface area contributed by atoms with E-state index in [9.17, 15) is 0 Å². The van der Waals surface area contributed by atoms with Gasteiger partial charge in [-0.2, -0.15) is 0 Å². The first kappa shape index (κ1) is 17.5. The molecule has 2 nitrogen and oxygen atoms in total. The maximum absolute atomic E-state index is 5.62. The SMILES string of the molecule is CC(C)CCOC(C)C#CC(C)OCCC(C)C. The molecule has 106 valence electrons. The Bertz CT molecular complexity index is 224. The monoisotopic (exact) mass is 254 g/mol. The van der Waals surface area contributed by atoms with Crippen molar-refractivity contribution in [1.29, 1.82) is 0 Å². The third kappa shape index (κ3) is 12.0. The van der Waals surface area contributed by atoms with E-state index in [-0.39, 0.29) is 12.2 Å². The van der Waals surface area contributed by atoms with Gasteiger partial charge in [-0.05, 0) is 38.5 Å². The Hall–Kier alpha value is -0.520. The average molecular weight is 254 g/mol. The molecule has 0 bridgehead atoms. The van der Waals surface area contributed by atoms with E-state index in [0.29, 0.717) is 11.8 Å². The minimum atomic E-state index is -0.0000937. The zero-order valence-electron chi connectivity index (χ0n) is 13.0. The van der Waals surface area contributed by atoms with Gasteiger partial charge in [0.15, 0.2) is 0 Å². The van der Waals surface area contributed by atoms with E-state index in [4.69, 9.17) is 9.47 Å². The van der Waals surface area contributed by atoms with Crippen LogP contribution in [0.15, 0.2) is 0 Å². The molecule has 0 fully saturated rings. The lowest BCUT2D eigenvalue weighted by molar-refractivity contribution is 0.0878. The largest absolute Gasteiger partial charge is 0.366 e. The first-order valence-corrected chi connectivity index (χ1v) is 7.16. The molecule has 2 heteroatoms. The van der Waals surface area contributed by atoms with Gasteiger partial charge in [0.05, 0.1) is 0 Å². The summed E-state index contributed by atoms with van der Waals surface area (Å²) < 4.78 is 11.2. The fourth-order valence-electron chi connectivity index (χ4n) is 1.28. The molecule has 0 saturated carbocycles. The van der Waals surface area contributed by atoms with E-state index in [0.717, 1.165) is 26.1 Å². The number of rotatable bonds is 8. The van der Waals surface area contributed by atoms with E-state index in [2.05, 4.69) is 39.5 Å².